The van der Waals surface area contributed by atoms with E-state index in [0.29, 0.717) is 12.2 Å². The summed E-state index contributed by atoms with van der Waals surface area (Å²) in [6, 6.07) is 5.67. The van der Waals surface area contributed by atoms with Crippen molar-refractivity contribution >= 4 is 17.5 Å². The molecule has 0 spiro atoms. The van der Waals surface area contributed by atoms with E-state index >= 15 is 0 Å². The van der Waals surface area contributed by atoms with Crippen molar-refractivity contribution in [1.82, 2.24) is 14.7 Å². The second kappa shape index (κ2) is 9.28. The Kier molecular flexibility index (Phi) is 6.79. The maximum absolute atomic E-state index is 12.9. The number of nitrogens with one attached hydrogen (secondary N) is 1. The first kappa shape index (κ1) is 19.8. The Morgan fingerprint density at radius 2 is 1.63 bits per heavy atom. The standard InChI is InChI=1S/C20H29FN4O2/c1-16(20(27)25-9-3-2-4-10-25)24-13-11-23(12-14-24)15-19(26)22-18-7-5-17(21)6-8-18/h5-8,16H,2-4,9-15H2,1H3,(H,22,26). The second-order valence-corrected chi connectivity index (χ2v) is 7.43. The fraction of sp³-hybridized carbons (Fsp3) is 0.600. The zero-order valence-electron chi connectivity index (χ0n) is 16.0. The Morgan fingerprint density at radius 1 is 1.00 bits per heavy atom. The zero-order valence-corrected chi connectivity index (χ0v) is 16.0. The van der Waals surface area contributed by atoms with Crippen molar-refractivity contribution < 1.29 is 14.0 Å². The Morgan fingerprint density at radius 3 is 2.26 bits per heavy atom. The Bertz CT molecular complexity index is 638. The molecule has 1 aromatic rings. The summed E-state index contributed by atoms with van der Waals surface area (Å²) in [5.74, 6) is -0.193. The minimum atomic E-state index is -0.322. The number of amides is 2. The predicted octanol–water partition coefficient (Wildman–Crippen LogP) is 1.78. The first-order valence-electron chi connectivity index (χ1n) is 9.83. The second-order valence-electron chi connectivity index (χ2n) is 7.43. The number of carbonyl (C=O) groups excluding carboxylic acids is 2. The minimum absolute atomic E-state index is 0.0988. The molecule has 148 valence electrons. The summed E-state index contributed by atoms with van der Waals surface area (Å²) in [6.07, 6.45) is 3.43. The summed E-state index contributed by atoms with van der Waals surface area (Å²) in [7, 11) is 0. The number of carbonyl (C=O) groups is 2. The molecule has 1 unspecified atom stereocenters. The predicted molar refractivity (Wildman–Crippen MR) is 103 cm³/mol. The molecule has 1 atom stereocenters. The largest absolute Gasteiger partial charge is 0.341 e. The van der Waals surface area contributed by atoms with Crippen LogP contribution < -0.4 is 5.32 Å². The van der Waals surface area contributed by atoms with Crippen molar-refractivity contribution in [2.24, 2.45) is 0 Å². The number of halogens is 1. The molecule has 3 rings (SSSR count). The number of piperazine rings is 1. The lowest BCUT2D eigenvalue weighted by molar-refractivity contribution is -0.138. The molecular weight excluding hydrogens is 347 g/mol. The minimum Gasteiger partial charge on any atom is -0.341 e. The maximum atomic E-state index is 12.9. The number of piperidine rings is 1. The Labute approximate surface area is 160 Å². The van der Waals surface area contributed by atoms with E-state index in [1.807, 2.05) is 11.8 Å². The van der Waals surface area contributed by atoms with Crippen LogP contribution in [0.2, 0.25) is 0 Å². The van der Waals surface area contributed by atoms with E-state index < -0.39 is 0 Å². The molecule has 0 radical (unpaired) electrons. The quantitative estimate of drug-likeness (QED) is 0.851. The third-order valence-electron chi connectivity index (χ3n) is 5.47. The third kappa shape index (κ3) is 5.49. The molecule has 2 fully saturated rings. The normalized spacial score (nSPS) is 20.3. The van der Waals surface area contributed by atoms with Crippen molar-refractivity contribution in [3.05, 3.63) is 30.1 Å². The van der Waals surface area contributed by atoms with Crippen LogP contribution in [0.1, 0.15) is 26.2 Å². The summed E-state index contributed by atoms with van der Waals surface area (Å²) < 4.78 is 12.9. The van der Waals surface area contributed by atoms with Crippen LogP contribution in [0.4, 0.5) is 10.1 Å². The SMILES string of the molecule is CC(C(=O)N1CCCCC1)N1CCN(CC(=O)Nc2ccc(F)cc2)CC1. The van der Waals surface area contributed by atoms with E-state index in [2.05, 4.69) is 15.1 Å². The molecule has 2 aliphatic rings. The summed E-state index contributed by atoms with van der Waals surface area (Å²) in [5, 5.41) is 2.79. The molecule has 1 N–H and O–H groups in total. The summed E-state index contributed by atoms with van der Waals surface area (Å²) in [5.41, 5.74) is 0.598. The molecule has 0 aromatic heterocycles. The van der Waals surface area contributed by atoms with Crippen LogP contribution in [0.15, 0.2) is 24.3 Å². The summed E-state index contributed by atoms with van der Waals surface area (Å²) >= 11 is 0. The molecule has 6 nitrogen and oxygen atoms in total. The van der Waals surface area contributed by atoms with Gasteiger partial charge >= 0.3 is 0 Å². The highest BCUT2D eigenvalue weighted by Gasteiger charge is 2.29. The van der Waals surface area contributed by atoms with Crippen molar-refractivity contribution in [2.75, 3.05) is 51.1 Å². The molecule has 0 aliphatic carbocycles. The average Bonchev–Trinajstić information content (AvgIpc) is 2.70. The van der Waals surface area contributed by atoms with Gasteiger partial charge in [-0.15, -0.1) is 0 Å². The van der Waals surface area contributed by atoms with Gasteiger partial charge in [-0.25, -0.2) is 4.39 Å². The van der Waals surface area contributed by atoms with Crippen LogP contribution in [0.3, 0.4) is 0 Å². The molecule has 2 heterocycles. The average molecular weight is 376 g/mol. The van der Waals surface area contributed by atoms with Gasteiger partial charge < -0.3 is 10.2 Å². The van der Waals surface area contributed by atoms with Gasteiger partial charge in [0.25, 0.3) is 0 Å². The van der Waals surface area contributed by atoms with E-state index in [1.54, 1.807) is 12.1 Å². The van der Waals surface area contributed by atoms with E-state index in [-0.39, 0.29) is 23.7 Å². The molecule has 27 heavy (non-hydrogen) atoms. The Hall–Kier alpha value is -1.99. The van der Waals surface area contributed by atoms with Crippen molar-refractivity contribution in [2.45, 2.75) is 32.2 Å². The maximum Gasteiger partial charge on any atom is 0.239 e. The van der Waals surface area contributed by atoms with Gasteiger partial charge in [0.2, 0.25) is 11.8 Å². The molecule has 0 bridgehead atoms. The highest BCUT2D eigenvalue weighted by atomic mass is 19.1. The van der Waals surface area contributed by atoms with Crippen LogP contribution in [-0.4, -0.2) is 78.4 Å². The number of rotatable bonds is 5. The molecule has 7 heteroatoms. The Balaban J connectivity index is 1.42. The highest BCUT2D eigenvalue weighted by Crippen LogP contribution is 2.14. The fourth-order valence-corrected chi connectivity index (χ4v) is 3.78. The van der Waals surface area contributed by atoms with Gasteiger partial charge in [0.15, 0.2) is 0 Å². The van der Waals surface area contributed by atoms with Crippen LogP contribution >= 0.6 is 0 Å². The van der Waals surface area contributed by atoms with E-state index in [1.165, 1.54) is 18.6 Å². The van der Waals surface area contributed by atoms with Crippen LogP contribution in [0.25, 0.3) is 0 Å². The van der Waals surface area contributed by atoms with Crippen molar-refractivity contribution in [1.29, 1.82) is 0 Å². The highest BCUT2D eigenvalue weighted by molar-refractivity contribution is 5.92. The van der Waals surface area contributed by atoms with Gasteiger partial charge in [-0.05, 0) is 50.5 Å². The molecule has 2 aliphatic heterocycles. The fourth-order valence-electron chi connectivity index (χ4n) is 3.78. The van der Waals surface area contributed by atoms with Gasteiger partial charge in [-0.3, -0.25) is 19.4 Å². The van der Waals surface area contributed by atoms with Crippen LogP contribution in [-0.2, 0) is 9.59 Å². The van der Waals surface area contributed by atoms with E-state index in [0.717, 1.165) is 52.1 Å². The lowest BCUT2D eigenvalue weighted by atomic mass is 10.1. The smallest absolute Gasteiger partial charge is 0.239 e. The molecule has 2 amide bonds. The number of anilines is 1. The zero-order chi connectivity index (χ0) is 19.2. The lowest BCUT2D eigenvalue weighted by Crippen LogP contribution is -2.55. The number of hydrogen-bond acceptors (Lipinski definition) is 4. The lowest BCUT2D eigenvalue weighted by Gasteiger charge is -2.39. The molecule has 2 saturated heterocycles. The first-order chi connectivity index (χ1) is 13.0. The first-order valence-corrected chi connectivity index (χ1v) is 9.83. The van der Waals surface area contributed by atoms with Gasteiger partial charge in [-0.2, -0.15) is 0 Å². The third-order valence-corrected chi connectivity index (χ3v) is 5.47. The van der Waals surface area contributed by atoms with E-state index in [9.17, 15) is 14.0 Å². The number of likely N-dealkylation sites (tertiary alicyclic amines) is 1. The number of benzene rings is 1. The van der Waals surface area contributed by atoms with Crippen molar-refractivity contribution in [3.63, 3.8) is 0 Å². The number of hydrogen-bond donors (Lipinski definition) is 1. The molecule has 1 aromatic carbocycles. The summed E-state index contributed by atoms with van der Waals surface area (Å²) in [4.78, 5) is 31.1. The van der Waals surface area contributed by atoms with E-state index in [4.69, 9.17) is 0 Å². The van der Waals surface area contributed by atoms with Gasteiger partial charge in [-0.1, -0.05) is 0 Å². The molecule has 0 saturated carbocycles. The topological polar surface area (TPSA) is 55.9 Å². The van der Waals surface area contributed by atoms with Gasteiger partial charge in [0, 0.05) is 45.0 Å². The van der Waals surface area contributed by atoms with Crippen LogP contribution in [0, 0.1) is 5.82 Å². The monoisotopic (exact) mass is 376 g/mol. The number of nitrogens with zero attached hydrogens (tertiary/aromatic N) is 3. The van der Waals surface area contributed by atoms with Gasteiger partial charge in [0.05, 0.1) is 12.6 Å². The van der Waals surface area contributed by atoms with Crippen LogP contribution in [0.5, 0.6) is 0 Å². The summed E-state index contributed by atoms with van der Waals surface area (Å²) in [6.45, 7) is 7.14. The van der Waals surface area contributed by atoms with Gasteiger partial charge in [0.1, 0.15) is 5.82 Å². The molecular formula is C20H29FN4O2. The van der Waals surface area contributed by atoms with Crippen molar-refractivity contribution in [3.8, 4) is 0 Å².